The van der Waals surface area contributed by atoms with E-state index in [0.717, 1.165) is 116 Å². The molecule has 0 aliphatic carbocycles. The summed E-state index contributed by atoms with van der Waals surface area (Å²) in [4.78, 5) is 25.9. The molecule has 0 spiro atoms. The third-order valence-corrected chi connectivity index (χ3v) is 13.5. The molecule has 14 rings (SSSR count). The fraction of sp³-hybridized carbons (Fsp3) is 0. The molecule has 0 radical (unpaired) electrons. The van der Waals surface area contributed by atoms with Gasteiger partial charge in [0.05, 0.1) is 17.0 Å². The van der Waals surface area contributed by atoms with Gasteiger partial charge in [0.25, 0.3) is 0 Å². The molecule has 0 saturated carbocycles. The molecule has 0 amide bonds. The first-order valence-electron chi connectivity index (χ1n) is 24.0. The highest BCUT2D eigenvalue weighted by Crippen LogP contribution is 2.41. The van der Waals surface area contributed by atoms with E-state index in [-0.39, 0.29) is 0 Å². The van der Waals surface area contributed by atoms with Gasteiger partial charge in [-0.3, -0.25) is 0 Å². The summed E-state index contributed by atoms with van der Waals surface area (Å²) in [6.45, 7) is 0. The Labute approximate surface area is 413 Å². The number of para-hydroxylation sites is 2. The second kappa shape index (κ2) is 17.0. The van der Waals surface area contributed by atoms with Gasteiger partial charge >= 0.3 is 0 Å². The van der Waals surface area contributed by atoms with Crippen LogP contribution in [0, 0.1) is 0 Å². The van der Waals surface area contributed by atoms with Crippen molar-refractivity contribution in [3.8, 4) is 90.3 Å². The van der Waals surface area contributed by atoms with Crippen molar-refractivity contribution in [2.24, 2.45) is 0 Å². The third-order valence-electron chi connectivity index (χ3n) is 13.5. The van der Waals surface area contributed by atoms with E-state index in [1.54, 1.807) is 0 Å². The Morgan fingerprint density at radius 1 is 0.250 bits per heavy atom. The molecule has 10 aromatic carbocycles. The Kier molecular flexibility index (Phi) is 9.70. The molecule has 0 bridgehead atoms. The monoisotopic (exact) mass is 921 g/mol. The van der Waals surface area contributed by atoms with Crippen LogP contribution in [0.3, 0.4) is 0 Å². The molecule has 0 fully saturated rings. The fourth-order valence-electron chi connectivity index (χ4n) is 10.0. The van der Waals surface area contributed by atoms with Crippen molar-refractivity contribution in [1.82, 2.24) is 24.9 Å². The molecule has 0 unspecified atom stereocenters. The lowest BCUT2D eigenvalue weighted by Gasteiger charge is -2.12. The minimum Gasteiger partial charge on any atom is -0.456 e. The molecule has 0 saturated heterocycles. The summed E-state index contributed by atoms with van der Waals surface area (Å²) in [6, 6.07) is 81.0. The highest BCUT2D eigenvalue weighted by Gasteiger charge is 2.21. The second-order valence-electron chi connectivity index (χ2n) is 18.0. The van der Waals surface area contributed by atoms with Crippen LogP contribution in [-0.2, 0) is 0 Å². The summed E-state index contributed by atoms with van der Waals surface area (Å²) < 4.78 is 13.2. The summed E-state index contributed by atoms with van der Waals surface area (Å²) in [5.41, 5.74) is 14.4. The van der Waals surface area contributed by atoms with E-state index in [2.05, 4.69) is 158 Å². The maximum atomic E-state index is 6.83. The van der Waals surface area contributed by atoms with E-state index in [1.165, 1.54) is 5.39 Å². The number of benzene rings is 10. The first kappa shape index (κ1) is 41.2. The maximum absolute atomic E-state index is 6.83. The van der Waals surface area contributed by atoms with Crippen molar-refractivity contribution in [2.45, 2.75) is 0 Å². The zero-order chi connectivity index (χ0) is 47.5. The average Bonchev–Trinajstić information content (AvgIpc) is 4.05. The summed E-state index contributed by atoms with van der Waals surface area (Å²) in [6.07, 6.45) is 0. The summed E-state index contributed by atoms with van der Waals surface area (Å²) >= 11 is 0. The molecule has 7 nitrogen and oxygen atoms in total. The van der Waals surface area contributed by atoms with Crippen molar-refractivity contribution in [1.29, 1.82) is 0 Å². The molecule has 72 heavy (non-hydrogen) atoms. The van der Waals surface area contributed by atoms with Crippen LogP contribution in [0.1, 0.15) is 0 Å². The first-order valence-corrected chi connectivity index (χ1v) is 24.0. The smallest absolute Gasteiger partial charge is 0.167 e. The Balaban J connectivity index is 0.874. The van der Waals surface area contributed by atoms with Crippen molar-refractivity contribution >= 4 is 54.6 Å². The Bertz CT molecular complexity index is 4390. The van der Waals surface area contributed by atoms with Gasteiger partial charge in [0.15, 0.2) is 23.3 Å². The number of rotatable bonds is 8. The van der Waals surface area contributed by atoms with Crippen LogP contribution < -0.4 is 0 Å². The number of nitrogens with zero attached hydrogens (tertiary/aromatic N) is 5. The fourth-order valence-corrected chi connectivity index (χ4v) is 10.0. The summed E-state index contributed by atoms with van der Waals surface area (Å²) in [7, 11) is 0. The minimum absolute atomic E-state index is 0.527. The summed E-state index contributed by atoms with van der Waals surface area (Å²) in [5.74, 6) is 2.30. The van der Waals surface area contributed by atoms with Crippen LogP contribution >= 0.6 is 0 Å². The molecule has 336 valence electrons. The first-order chi connectivity index (χ1) is 35.6. The molecule has 14 aromatic rings. The number of hydrogen-bond donors (Lipinski definition) is 0. The summed E-state index contributed by atoms with van der Waals surface area (Å²) in [5, 5.41) is 6.51. The van der Waals surface area contributed by atoms with Crippen LogP contribution in [0.15, 0.2) is 245 Å². The van der Waals surface area contributed by atoms with Crippen LogP contribution in [0.25, 0.3) is 145 Å². The van der Waals surface area contributed by atoms with Gasteiger partial charge < -0.3 is 8.83 Å². The van der Waals surface area contributed by atoms with Gasteiger partial charge in [-0.15, -0.1) is 0 Å². The molecule has 7 heteroatoms. The zero-order valence-electron chi connectivity index (χ0n) is 38.6. The lowest BCUT2D eigenvalue weighted by molar-refractivity contribution is 0.669. The number of hydrogen-bond acceptors (Lipinski definition) is 7. The average molecular weight is 922 g/mol. The highest BCUT2D eigenvalue weighted by atomic mass is 16.3. The predicted octanol–water partition coefficient (Wildman–Crippen LogP) is 16.9. The number of furan rings is 2. The van der Waals surface area contributed by atoms with E-state index >= 15 is 0 Å². The zero-order valence-corrected chi connectivity index (χ0v) is 38.6. The second-order valence-corrected chi connectivity index (χ2v) is 18.0. The minimum atomic E-state index is 0.527. The lowest BCUT2D eigenvalue weighted by atomic mass is 9.98. The van der Waals surface area contributed by atoms with E-state index < -0.39 is 0 Å². The number of aromatic nitrogens is 5. The van der Waals surface area contributed by atoms with Crippen molar-refractivity contribution in [3.63, 3.8) is 0 Å². The van der Waals surface area contributed by atoms with E-state index in [0.29, 0.717) is 23.3 Å². The molecule has 4 aromatic heterocycles. The van der Waals surface area contributed by atoms with E-state index in [1.807, 2.05) is 78.9 Å². The van der Waals surface area contributed by atoms with Crippen molar-refractivity contribution in [3.05, 3.63) is 237 Å². The largest absolute Gasteiger partial charge is 0.456 e. The van der Waals surface area contributed by atoms with Crippen LogP contribution in [0.4, 0.5) is 0 Å². The standard InChI is InChI=1S/C65H39N5O2/c1-4-16-40(17-5-1)50-28-14-29-51-52-30-15-31-53(61(52)72-60(50)51)65-69-63(43-21-8-3-9-22-43)68-64(70-65)48-26-13-24-45(37-48)44-23-12-25-46(36-44)55-39-56(67-62(66-55)42-19-6-2-7-20-42)47-33-34-57-54(38-47)59-49-27-11-10-18-41(49)32-35-58(59)71-57/h1-39H. The SMILES string of the molecule is c1ccc(-c2nc(-c3cccc(-c4cccc(-c5nc(-c6ccccc6)nc(-c6cccc7c6oc6c(-c8ccccc8)cccc67)n5)c4)c3)cc(-c3ccc4oc5ccc6ccccc6c5c4c3)n2)cc1. The van der Waals surface area contributed by atoms with E-state index in [9.17, 15) is 0 Å². The Morgan fingerprint density at radius 2 is 0.736 bits per heavy atom. The van der Waals surface area contributed by atoms with Gasteiger partial charge in [-0.05, 0) is 76.0 Å². The molecule has 0 aliphatic rings. The van der Waals surface area contributed by atoms with Crippen LogP contribution in [0.2, 0.25) is 0 Å². The predicted molar refractivity (Wildman–Crippen MR) is 291 cm³/mol. The van der Waals surface area contributed by atoms with Crippen LogP contribution in [-0.4, -0.2) is 24.9 Å². The van der Waals surface area contributed by atoms with Gasteiger partial charge in [0.1, 0.15) is 22.3 Å². The van der Waals surface area contributed by atoms with Gasteiger partial charge in [-0.1, -0.05) is 188 Å². The van der Waals surface area contributed by atoms with E-state index in [4.69, 9.17) is 33.8 Å². The van der Waals surface area contributed by atoms with Gasteiger partial charge in [0.2, 0.25) is 0 Å². The highest BCUT2D eigenvalue weighted by molar-refractivity contribution is 6.19. The normalized spacial score (nSPS) is 11.6. The van der Waals surface area contributed by atoms with Gasteiger partial charge in [-0.2, -0.15) is 0 Å². The topological polar surface area (TPSA) is 90.7 Å². The molecule has 4 heterocycles. The molecular weight excluding hydrogens is 883 g/mol. The van der Waals surface area contributed by atoms with Gasteiger partial charge in [0, 0.05) is 54.9 Å². The molecular formula is C65H39N5O2. The molecule has 0 N–H and O–H groups in total. The Hall–Kier alpha value is -9.85. The quantitative estimate of drug-likeness (QED) is 0.150. The third kappa shape index (κ3) is 7.18. The van der Waals surface area contributed by atoms with Crippen molar-refractivity contribution in [2.75, 3.05) is 0 Å². The number of fused-ring (bicyclic) bond motifs is 8. The van der Waals surface area contributed by atoms with Gasteiger partial charge in [-0.25, -0.2) is 24.9 Å². The maximum Gasteiger partial charge on any atom is 0.167 e. The Morgan fingerprint density at radius 3 is 1.44 bits per heavy atom. The van der Waals surface area contributed by atoms with Crippen molar-refractivity contribution < 1.29 is 8.83 Å². The molecule has 0 atom stereocenters. The van der Waals surface area contributed by atoms with Crippen LogP contribution in [0.5, 0.6) is 0 Å². The lowest BCUT2D eigenvalue weighted by Crippen LogP contribution is -2.00. The molecule has 0 aliphatic heterocycles.